The van der Waals surface area contributed by atoms with Crippen LogP contribution in [0.4, 0.5) is 0 Å². The molecule has 4 heteroatoms. The van der Waals surface area contributed by atoms with Gasteiger partial charge in [0, 0.05) is 38.6 Å². The second-order valence-corrected chi connectivity index (χ2v) is 15.5. The van der Waals surface area contributed by atoms with Crippen LogP contribution in [0.2, 0.25) is 0 Å². The maximum Gasteiger partial charge on any atom is 0.164 e. The molecule has 4 nitrogen and oxygen atoms in total. The Morgan fingerprint density at radius 3 is 1.57 bits per heavy atom. The van der Waals surface area contributed by atoms with E-state index in [1.165, 1.54) is 21.9 Å². The number of hydrogen-bond acceptors (Lipinski definition) is 4. The van der Waals surface area contributed by atoms with E-state index in [-0.39, 0.29) is 0 Å². The van der Waals surface area contributed by atoms with E-state index in [4.69, 9.17) is 19.4 Å². The third-order valence-corrected chi connectivity index (χ3v) is 11.9. The van der Waals surface area contributed by atoms with Crippen LogP contribution in [0.3, 0.4) is 0 Å². The lowest BCUT2D eigenvalue weighted by Crippen LogP contribution is -2.00. The molecule has 61 heavy (non-hydrogen) atoms. The Bertz CT molecular complexity index is 3630. The molecule has 2 heterocycles. The number of para-hydroxylation sites is 1. The van der Waals surface area contributed by atoms with Gasteiger partial charge >= 0.3 is 0 Å². The molecule has 0 aliphatic rings. The molecule has 0 radical (unpaired) electrons. The smallest absolute Gasteiger partial charge is 0.164 e. The molecule has 0 saturated heterocycles. The molecular formula is C57H35N3O. The molecule has 10 aromatic carbocycles. The maximum atomic E-state index is 7.14. The molecule has 0 fully saturated rings. The Hall–Kier alpha value is -8.21. The molecule has 0 atom stereocenters. The van der Waals surface area contributed by atoms with Gasteiger partial charge in [0.05, 0.1) is 0 Å². The topological polar surface area (TPSA) is 51.8 Å². The Kier molecular flexibility index (Phi) is 8.13. The quantitative estimate of drug-likeness (QED) is 0.169. The highest BCUT2D eigenvalue weighted by molar-refractivity contribution is 6.21. The summed E-state index contributed by atoms with van der Waals surface area (Å²) in [6.45, 7) is 0. The van der Waals surface area contributed by atoms with E-state index in [9.17, 15) is 0 Å². The molecule has 12 aromatic rings. The van der Waals surface area contributed by atoms with Gasteiger partial charge in [-0.05, 0) is 72.8 Å². The van der Waals surface area contributed by atoms with Crippen molar-refractivity contribution in [1.82, 2.24) is 15.0 Å². The predicted molar refractivity (Wildman–Crippen MR) is 252 cm³/mol. The van der Waals surface area contributed by atoms with Crippen molar-refractivity contribution >= 4 is 54.3 Å². The molecule has 0 spiro atoms. The average molecular weight is 778 g/mol. The van der Waals surface area contributed by atoms with E-state index in [1.54, 1.807) is 0 Å². The zero-order chi connectivity index (χ0) is 40.3. The van der Waals surface area contributed by atoms with Crippen molar-refractivity contribution in [3.05, 3.63) is 212 Å². The lowest BCUT2D eigenvalue weighted by atomic mass is 9.92. The fourth-order valence-corrected chi connectivity index (χ4v) is 8.95. The van der Waals surface area contributed by atoms with Crippen LogP contribution in [0.15, 0.2) is 217 Å². The first-order valence-electron chi connectivity index (χ1n) is 20.6. The normalized spacial score (nSPS) is 11.6. The molecule has 0 N–H and O–H groups in total. The highest BCUT2D eigenvalue weighted by atomic mass is 16.3. The van der Waals surface area contributed by atoms with E-state index < -0.39 is 0 Å². The second kappa shape index (κ2) is 14.3. The minimum absolute atomic E-state index is 0.622. The van der Waals surface area contributed by atoms with Crippen molar-refractivity contribution in [2.24, 2.45) is 0 Å². The minimum atomic E-state index is 0.622. The summed E-state index contributed by atoms with van der Waals surface area (Å²) < 4.78 is 7.14. The van der Waals surface area contributed by atoms with Crippen molar-refractivity contribution < 1.29 is 4.42 Å². The average Bonchev–Trinajstić information content (AvgIpc) is 3.71. The summed E-state index contributed by atoms with van der Waals surface area (Å²) in [5.41, 5.74) is 11.3. The van der Waals surface area contributed by atoms with Gasteiger partial charge in [0.15, 0.2) is 17.5 Å². The number of fused-ring (bicyclic) bond motifs is 6. The molecule has 12 rings (SSSR count). The van der Waals surface area contributed by atoms with Crippen LogP contribution in [0.5, 0.6) is 0 Å². The summed E-state index contributed by atoms with van der Waals surface area (Å²) in [6.07, 6.45) is 0. The second-order valence-electron chi connectivity index (χ2n) is 15.5. The van der Waals surface area contributed by atoms with Crippen LogP contribution in [0, 0.1) is 0 Å². The first-order chi connectivity index (χ1) is 30.2. The van der Waals surface area contributed by atoms with Crippen LogP contribution < -0.4 is 0 Å². The van der Waals surface area contributed by atoms with Gasteiger partial charge in [-0.2, -0.15) is 0 Å². The third kappa shape index (κ3) is 5.96. The number of rotatable bonds is 6. The van der Waals surface area contributed by atoms with Crippen LogP contribution in [0.1, 0.15) is 0 Å². The van der Waals surface area contributed by atoms with Gasteiger partial charge in [0.2, 0.25) is 0 Å². The Morgan fingerprint density at radius 1 is 0.262 bits per heavy atom. The zero-order valence-electron chi connectivity index (χ0n) is 33.0. The summed E-state index contributed by atoms with van der Waals surface area (Å²) in [5.74, 6) is 1.89. The van der Waals surface area contributed by atoms with Crippen molar-refractivity contribution in [3.63, 3.8) is 0 Å². The van der Waals surface area contributed by atoms with E-state index in [0.717, 1.165) is 82.4 Å². The monoisotopic (exact) mass is 777 g/mol. The van der Waals surface area contributed by atoms with Gasteiger partial charge in [-0.15, -0.1) is 0 Å². The van der Waals surface area contributed by atoms with Gasteiger partial charge in [0.1, 0.15) is 11.2 Å². The highest BCUT2D eigenvalue weighted by Gasteiger charge is 2.21. The van der Waals surface area contributed by atoms with Crippen LogP contribution in [-0.4, -0.2) is 15.0 Å². The molecule has 0 saturated carbocycles. The minimum Gasteiger partial charge on any atom is -0.455 e. The molecular weight excluding hydrogens is 743 g/mol. The molecule has 0 aliphatic carbocycles. The number of benzene rings is 10. The van der Waals surface area contributed by atoms with Crippen LogP contribution >= 0.6 is 0 Å². The first kappa shape index (κ1) is 34.8. The van der Waals surface area contributed by atoms with Crippen molar-refractivity contribution in [2.75, 3.05) is 0 Å². The molecule has 2 aromatic heterocycles. The van der Waals surface area contributed by atoms with Crippen molar-refractivity contribution in [1.29, 1.82) is 0 Å². The van der Waals surface area contributed by atoms with E-state index in [1.807, 2.05) is 30.3 Å². The molecule has 0 aliphatic heterocycles. The Labute approximate surface area is 352 Å². The molecule has 0 unspecified atom stereocenters. The highest BCUT2D eigenvalue weighted by Crippen LogP contribution is 2.45. The fraction of sp³-hybridized carbons (Fsp3) is 0. The van der Waals surface area contributed by atoms with Gasteiger partial charge in [-0.25, -0.2) is 15.0 Å². The number of hydrogen-bond donors (Lipinski definition) is 0. The first-order valence-corrected chi connectivity index (χ1v) is 20.6. The Morgan fingerprint density at radius 2 is 0.803 bits per heavy atom. The third-order valence-electron chi connectivity index (χ3n) is 11.9. The van der Waals surface area contributed by atoms with E-state index in [2.05, 4.69) is 182 Å². The lowest BCUT2D eigenvalue weighted by Gasteiger charge is -2.13. The standard InChI is InChI=1S/C57H35N3O/c1-3-14-36(15-4-1)38-26-29-39(30-27-38)52-44-21-10-9-20-42(44)35-51-49-25-13-24-48(53(49)61-54(51)52)47-32-33-50(46-23-12-11-22-45(46)47)57-59-55(40-17-5-2-6-18-40)58-56(60-57)43-31-28-37-16-7-8-19-41(37)34-43/h1-35H. The zero-order valence-corrected chi connectivity index (χ0v) is 33.0. The van der Waals surface area contributed by atoms with Crippen molar-refractivity contribution in [2.45, 2.75) is 0 Å². The number of aromatic nitrogens is 3. The van der Waals surface area contributed by atoms with Crippen LogP contribution in [-0.2, 0) is 0 Å². The van der Waals surface area contributed by atoms with E-state index in [0.29, 0.717) is 17.5 Å². The predicted octanol–water partition coefficient (Wildman–Crippen LogP) is 15.2. The van der Waals surface area contributed by atoms with E-state index >= 15 is 0 Å². The summed E-state index contributed by atoms with van der Waals surface area (Å²) in [7, 11) is 0. The van der Waals surface area contributed by atoms with Gasteiger partial charge in [0.25, 0.3) is 0 Å². The number of furan rings is 1. The van der Waals surface area contributed by atoms with Gasteiger partial charge < -0.3 is 4.42 Å². The SMILES string of the molecule is c1ccc(-c2ccc(-c3c4ccccc4cc4c3oc3c(-c5ccc(-c6nc(-c7ccccc7)nc(-c7ccc8ccccc8c7)n6)c6ccccc56)cccc34)cc2)cc1. The lowest BCUT2D eigenvalue weighted by molar-refractivity contribution is 0.671. The molecule has 0 bridgehead atoms. The summed E-state index contributed by atoms with van der Waals surface area (Å²) in [4.78, 5) is 15.4. The molecule has 284 valence electrons. The largest absolute Gasteiger partial charge is 0.455 e. The molecule has 0 amide bonds. The van der Waals surface area contributed by atoms with Crippen LogP contribution in [0.25, 0.3) is 122 Å². The summed E-state index contributed by atoms with van der Waals surface area (Å²) in [5, 5.41) is 8.96. The summed E-state index contributed by atoms with van der Waals surface area (Å²) >= 11 is 0. The van der Waals surface area contributed by atoms with Gasteiger partial charge in [-0.3, -0.25) is 0 Å². The fourth-order valence-electron chi connectivity index (χ4n) is 8.95. The maximum absolute atomic E-state index is 7.14. The summed E-state index contributed by atoms with van der Waals surface area (Å²) in [6, 6.07) is 74.6. The number of nitrogens with zero attached hydrogens (tertiary/aromatic N) is 3. The van der Waals surface area contributed by atoms with Crippen molar-refractivity contribution in [3.8, 4) is 67.5 Å². The Balaban J connectivity index is 1.04. The van der Waals surface area contributed by atoms with Gasteiger partial charge in [-0.1, -0.05) is 194 Å².